The average Bonchev–Trinajstić information content (AvgIpc) is 2.83. The fourth-order valence-electron chi connectivity index (χ4n) is 1.22. The molecule has 0 atom stereocenters. The van der Waals surface area contributed by atoms with Crippen LogP contribution in [-0.2, 0) is 0 Å². The summed E-state index contributed by atoms with van der Waals surface area (Å²) in [6.45, 7) is 2.13. The lowest BCUT2D eigenvalue weighted by molar-refractivity contribution is 0.474. The van der Waals surface area contributed by atoms with Crippen molar-refractivity contribution in [1.82, 2.24) is 10.2 Å². The SMILES string of the molecule is CCCSc1nnc(/N=C/c2ccccc2O)s1. The van der Waals surface area contributed by atoms with Crippen molar-refractivity contribution in [2.45, 2.75) is 17.7 Å². The molecule has 1 N–H and O–H groups in total. The molecule has 94 valence electrons. The molecule has 6 heteroatoms. The number of phenols is 1. The Morgan fingerprint density at radius 2 is 2.22 bits per heavy atom. The van der Waals surface area contributed by atoms with Crippen molar-refractivity contribution in [3.05, 3.63) is 29.8 Å². The Labute approximate surface area is 114 Å². The number of hydrogen-bond acceptors (Lipinski definition) is 6. The van der Waals surface area contributed by atoms with E-state index in [0.29, 0.717) is 10.7 Å². The third-order valence-corrected chi connectivity index (χ3v) is 4.25. The van der Waals surface area contributed by atoms with Gasteiger partial charge < -0.3 is 5.11 Å². The lowest BCUT2D eigenvalue weighted by Crippen LogP contribution is -1.80. The van der Waals surface area contributed by atoms with Gasteiger partial charge in [0.2, 0.25) is 5.13 Å². The zero-order chi connectivity index (χ0) is 12.8. The van der Waals surface area contributed by atoms with E-state index in [4.69, 9.17) is 0 Å². The largest absolute Gasteiger partial charge is 0.507 e. The van der Waals surface area contributed by atoms with Crippen LogP contribution in [0.4, 0.5) is 5.13 Å². The van der Waals surface area contributed by atoms with Gasteiger partial charge in [-0.2, -0.15) is 0 Å². The van der Waals surface area contributed by atoms with Gasteiger partial charge in [-0.05, 0) is 18.6 Å². The Bertz CT molecular complexity index is 540. The molecule has 2 aromatic rings. The second kappa shape index (κ2) is 6.51. The molecule has 0 aliphatic rings. The standard InChI is InChI=1S/C12H13N3OS2/c1-2-7-17-12-15-14-11(18-12)13-8-9-5-3-4-6-10(9)16/h3-6,8,16H,2,7H2,1H3/b13-8+. The molecule has 18 heavy (non-hydrogen) atoms. The number of rotatable bonds is 5. The Hall–Kier alpha value is -1.40. The van der Waals surface area contributed by atoms with Gasteiger partial charge in [-0.15, -0.1) is 10.2 Å². The molecule has 1 aromatic heterocycles. The van der Waals surface area contributed by atoms with Gasteiger partial charge in [0, 0.05) is 17.5 Å². The van der Waals surface area contributed by atoms with E-state index in [1.54, 1.807) is 36.2 Å². The van der Waals surface area contributed by atoms with Crippen molar-refractivity contribution < 1.29 is 5.11 Å². The number of nitrogens with zero attached hydrogens (tertiary/aromatic N) is 3. The highest BCUT2D eigenvalue weighted by molar-refractivity contribution is 8.01. The molecule has 0 aliphatic carbocycles. The fraction of sp³-hybridized carbons (Fsp3) is 0.250. The van der Waals surface area contributed by atoms with Crippen LogP contribution in [0.25, 0.3) is 0 Å². The summed E-state index contributed by atoms with van der Waals surface area (Å²) in [5, 5.41) is 18.2. The quantitative estimate of drug-likeness (QED) is 0.672. The number of aromatic nitrogens is 2. The summed E-state index contributed by atoms with van der Waals surface area (Å²) in [4.78, 5) is 4.21. The molecule has 0 spiro atoms. The summed E-state index contributed by atoms with van der Waals surface area (Å²) in [5.74, 6) is 1.25. The minimum atomic E-state index is 0.214. The predicted molar refractivity (Wildman–Crippen MR) is 76.3 cm³/mol. The average molecular weight is 279 g/mol. The van der Waals surface area contributed by atoms with Crippen LogP contribution >= 0.6 is 23.1 Å². The Balaban J connectivity index is 2.05. The second-order valence-corrected chi connectivity index (χ2v) is 5.81. The number of para-hydroxylation sites is 1. The first-order valence-corrected chi connectivity index (χ1v) is 7.38. The van der Waals surface area contributed by atoms with Crippen molar-refractivity contribution in [1.29, 1.82) is 0 Å². The van der Waals surface area contributed by atoms with Crippen LogP contribution < -0.4 is 0 Å². The van der Waals surface area contributed by atoms with Gasteiger partial charge in [0.15, 0.2) is 4.34 Å². The minimum Gasteiger partial charge on any atom is -0.507 e. The predicted octanol–water partition coefficient (Wildman–Crippen LogP) is 3.50. The monoisotopic (exact) mass is 279 g/mol. The Morgan fingerprint density at radius 1 is 1.39 bits per heavy atom. The molecule has 0 radical (unpaired) electrons. The van der Waals surface area contributed by atoms with Crippen LogP contribution in [0.1, 0.15) is 18.9 Å². The molecular formula is C12H13N3OS2. The van der Waals surface area contributed by atoms with Crippen molar-refractivity contribution >= 4 is 34.4 Å². The summed E-state index contributed by atoms with van der Waals surface area (Å²) >= 11 is 3.15. The van der Waals surface area contributed by atoms with Crippen LogP contribution in [0.2, 0.25) is 0 Å². The van der Waals surface area contributed by atoms with E-state index < -0.39 is 0 Å². The molecule has 0 aliphatic heterocycles. The Kier molecular flexibility index (Phi) is 4.72. The van der Waals surface area contributed by atoms with Gasteiger partial charge in [0.25, 0.3) is 0 Å². The van der Waals surface area contributed by atoms with Crippen molar-refractivity contribution in [2.24, 2.45) is 4.99 Å². The maximum atomic E-state index is 9.58. The van der Waals surface area contributed by atoms with Crippen LogP contribution in [0.15, 0.2) is 33.6 Å². The van der Waals surface area contributed by atoms with E-state index >= 15 is 0 Å². The minimum absolute atomic E-state index is 0.214. The summed E-state index contributed by atoms with van der Waals surface area (Å²) < 4.78 is 0.932. The second-order valence-electron chi connectivity index (χ2n) is 3.52. The van der Waals surface area contributed by atoms with E-state index in [1.807, 2.05) is 6.07 Å². The molecule has 0 amide bonds. The normalized spacial score (nSPS) is 11.2. The van der Waals surface area contributed by atoms with Crippen LogP contribution in [0, 0.1) is 0 Å². The third kappa shape index (κ3) is 3.54. The lowest BCUT2D eigenvalue weighted by atomic mass is 10.2. The highest BCUT2D eigenvalue weighted by Crippen LogP contribution is 2.27. The summed E-state index contributed by atoms with van der Waals surface area (Å²) in [5.41, 5.74) is 0.676. The van der Waals surface area contributed by atoms with Gasteiger partial charge in [-0.3, -0.25) is 0 Å². The highest BCUT2D eigenvalue weighted by Gasteiger charge is 2.02. The zero-order valence-electron chi connectivity index (χ0n) is 9.91. The topological polar surface area (TPSA) is 58.4 Å². The van der Waals surface area contributed by atoms with Crippen LogP contribution in [0.5, 0.6) is 5.75 Å². The fourth-order valence-corrected chi connectivity index (χ4v) is 2.84. The van der Waals surface area contributed by atoms with E-state index in [9.17, 15) is 5.11 Å². The summed E-state index contributed by atoms with van der Waals surface area (Å²) in [6.07, 6.45) is 2.71. The van der Waals surface area contributed by atoms with E-state index in [1.165, 1.54) is 11.3 Å². The lowest BCUT2D eigenvalue weighted by Gasteiger charge is -1.94. The van der Waals surface area contributed by atoms with Gasteiger partial charge in [0.1, 0.15) is 5.75 Å². The van der Waals surface area contributed by atoms with Crippen LogP contribution in [-0.4, -0.2) is 27.3 Å². The van der Waals surface area contributed by atoms with Crippen LogP contribution in [0.3, 0.4) is 0 Å². The van der Waals surface area contributed by atoms with Gasteiger partial charge >= 0.3 is 0 Å². The van der Waals surface area contributed by atoms with Gasteiger partial charge in [-0.25, -0.2) is 4.99 Å². The third-order valence-electron chi connectivity index (χ3n) is 2.08. The summed E-state index contributed by atoms with van der Waals surface area (Å²) in [6, 6.07) is 7.05. The van der Waals surface area contributed by atoms with Crippen molar-refractivity contribution in [3.8, 4) is 5.75 Å². The molecular weight excluding hydrogens is 266 g/mol. The van der Waals surface area contributed by atoms with Gasteiger partial charge in [-0.1, -0.05) is 42.2 Å². The molecule has 2 rings (SSSR count). The molecule has 0 bridgehead atoms. The first-order valence-electron chi connectivity index (χ1n) is 5.58. The smallest absolute Gasteiger partial charge is 0.232 e. The number of benzene rings is 1. The highest BCUT2D eigenvalue weighted by atomic mass is 32.2. The first kappa shape index (κ1) is 13.0. The van der Waals surface area contributed by atoms with Crippen molar-refractivity contribution in [3.63, 3.8) is 0 Å². The van der Waals surface area contributed by atoms with E-state index in [-0.39, 0.29) is 5.75 Å². The van der Waals surface area contributed by atoms with E-state index in [2.05, 4.69) is 22.1 Å². The number of phenolic OH excluding ortho intramolecular Hbond substituents is 1. The number of aromatic hydroxyl groups is 1. The maximum Gasteiger partial charge on any atom is 0.232 e. The van der Waals surface area contributed by atoms with Crippen molar-refractivity contribution in [2.75, 3.05) is 5.75 Å². The molecule has 0 unspecified atom stereocenters. The Morgan fingerprint density at radius 3 is 3.00 bits per heavy atom. The first-order chi connectivity index (χ1) is 8.79. The molecule has 4 nitrogen and oxygen atoms in total. The molecule has 0 saturated heterocycles. The molecule has 1 aromatic carbocycles. The molecule has 0 fully saturated rings. The summed E-state index contributed by atoms with van der Waals surface area (Å²) in [7, 11) is 0. The molecule has 0 saturated carbocycles. The zero-order valence-corrected chi connectivity index (χ0v) is 11.5. The molecule has 1 heterocycles. The number of aliphatic imine (C=N–C) groups is 1. The number of hydrogen-bond donors (Lipinski definition) is 1. The van der Waals surface area contributed by atoms with E-state index in [0.717, 1.165) is 16.5 Å². The maximum absolute atomic E-state index is 9.58. The van der Waals surface area contributed by atoms with Gasteiger partial charge in [0.05, 0.1) is 0 Å². The number of thioether (sulfide) groups is 1.